The minimum Gasteiger partial charge on any atom is -0.490 e. The Hall–Kier alpha value is -3.63. The number of nitro groups is 2. The largest absolute Gasteiger partial charge is 0.490 e. The molecular formula is C34H53FN8O6. The van der Waals surface area contributed by atoms with E-state index >= 15 is 0 Å². The van der Waals surface area contributed by atoms with Crippen LogP contribution in [0, 0.1) is 26.0 Å². The molecule has 4 aliphatic rings. The fraction of sp³-hybridized carbons (Fsp3) is 0.647. The maximum Gasteiger partial charge on any atom is 0.311 e. The lowest BCUT2D eigenvalue weighted by molar-refractivity contribution is -0.385. The van der Waals surface area contributed by atoms with Gasteiger partial charge in [-0.3, -0.25) is 30.0 Å². The van der Waals surface area contributed by atoms with Crippen LogP contribution in [0.5, 0.6) is 11.5 Å². The first-order valence-electron chi connectivity index (χ1n) is 17.2. The molecule has 0 amide bonds. The summed E-state index contributed by atoms with van der Waals surface area (Å²) in [6, 6.07) is 9.74. The molecule has 0 spiro atoms. The van der Waals surface area contributed by atoms with Crippen LogP contribution in [0.25, 0.3) is 0 Å². The van der Waals surface area contributed by atoms with E-state index in [0.29, 0.717) is 11.8 Å². The first-order chi connectivity index (χ1) is 23.6. The minimum atomic E-state index is -0.627. The van der Waals surface area contributed by atoms with Gasteiger partial charge in [0.2, 0.25) is 0 Å². The van der Waals surface area contributed by atoms with E-state index in [0.717, 1.165) is 82.0 Å². The van der Waals surface area contributed by atoms with E-state index in [1.54, 1.807) is 12.1 Å². The van der Waals surface area contributed by atoms with Crippen molar-refractivity contribution in [1.82, 2.24) is 24.9 Å². The third-order valence-electron chi connectivity index (χ3n) is 9.95. The predicted molar refractivity (Wildman–Crippen MR) is 189 cm³/mol. The summed E-state index contributed by atoms with van der Waals surface area (Å²) in [5, 5.41) is 24.7. The van der Waals surface area contributed by atoms with E-state index in [9.17, 15) is 24.6 Å². The number of hydrogen-bond acceptors (Lipinski definition) is 12. The molecule has 4 aliphatic heterocycles. The summed E-state index contributed by atoms with van der Waals surface area (Å²) in [5.74, 6) is -0.295. The Morgan fingerprint density at radius 1 is 0.673 bits per heavy atom. The van der Waals surface area contributed by atoms with Crippen LogP contribution < -0.4 is 19.7 Å². The third-order valence-corrected chi connectivity index (χ3v) is 9.95. The lowest BCUT2D eigenvalue weighted by atomic mass is 10.0. The Morgan fingerprint density at radius 3 is 1.59 bits per heavy atom. The molecule has 4 heterocycles. The van der Waals surface area contributed by atoms with Crippen molar-refractivity contribution in [3.63, 3.8) is 0 Å². The van der Waals surface area contributed by atoms with Gasteiger partial charge >= 0.3 is 11.4 Å². The summed E-state index contributed by atoms with van der Waals surface area (Å²) in [6.07, 6.45) is 4.99. The highest BCUT2D eigenvalue weighted by Gasteiger charge is 2.28. The molecule has 6 rings (SSSR count). The lowest BCUT2D eigenvalue weighted by Crippen LogP contribution is -2.52. The number of methoxy groups -OCH3 is 2. The van der Waals surface area contributed by atoms with Crippen molar-refractivity contribution >= 4 is 17.1 Å². The van der Waals surface area contributed by atoms with Crippen LogP contribution in [0.2, 0.25) is 0 Å². The maximum absolute atomic E-state index is 12.5. The predicted octanol–water partition coefficient (Wildman–Crippen LogP) is 3.55. The zero-order valence-corrected chi connectivity index (χ0v) is 29.4. The van der Waals surface area contributed by atoms with Gasteiger partial charge in [0.05, 0.1) is 24.1 Å². The van der Waals surface area contributed by atoms with Crippen molar-refractivity contribution in [3.05, 3.63) is 62.4 Å². The highest BCUT2D eigenvalue weighted by atomic mass is 19.1. The highest BCUT2D eigenvalue weighted by molar-refractivity contribution is 5.59. The number of nitrogens with one attached hydrogen (secondary N) is 1. The number of hydrogen-bond donors (Lipinski definition) is 1. The van der Waals surface area contributed by atoms with Gasteiger partial charge in [-0.1, -0.05) is 0 Å². The monoisotopic (exact) mass is 688 g/mol. The van der Waals surface area contributed by atoms with Gasteiger partial charge in [-0.25, -0.2) is 4.39 Å². The summed E-state index contributed by atoms with van der Waals surface area (Å²) < 4.78 is 22.3. The third kappa shape index (κ3) is 11.2. The number of nitro benzene ring substituents is 2. The number of nitrogens with zero attached hydrogens (tertiary/aromatic N) is 7. The van der Waals surface area contributed by atoms with E-state index < -0.39 is 15.7 Å². The summed E-state index contributed by atoms with van der Waals surface area (Å²) in [4.78, 5) is 32.7. The Labute approximate surface area is 289 Å². The molecule has 272 valence electrons. The second-order valence-electron chi connectivity index (χ2n) is 13.1. The molecule has 4 fully saturated rings. The van der Waals surface area contributed by atoms with Crippen LogP contribution in [-0.2, 0) is 0 Å². The van der Waals surface area contributed by atoms with E-state index in [1.807, 2.05) is 6.07 Å². The molecule has 15 heteroatoms. The number of benzene rings is 2. The van der Waals surface area contributed by atoms with Gasteiger partial charge in [0.25, 0.3) is 0 Å². The van der Waals surface area contributed by atoms with Gasteiger partial charge in [-0.05, 0) is 65.0 Å². The number of ether oxygens (including phenoxy) is 2. The van der Waals surface area contributed by atoms with Crippen molar-refractivity contribution < 1.29 is 23.7 Å². The Morgan fingerprint density at radius 2 is 1.12 bits per heavy atom. The SMILES string of the molecule is CN1CCN(C2CCNCC2)CC1.COc1cc(F)ccc1[N+](=O)[O-].COc1cc(N2CCC(N3CCN(C)CC3)CC2)ccc1[N+](=O)[O-]. The molecule has 2 aromatic carbocycles. The summed E-state index contributed by atoms with van der Waals surface area (Å²) in [7, 11) is 7.13. The first kappa shape index (κ1) is 38.2. The van der Waals surface area contributed by atoms with Crippen molar-refractivity contribution in [2.75, 3.05) is 112 Å². The molecule has 14 nitrogen and oxygen atoms in total. The van der Waals surface area contributed by atoms with Crippen molar-refractivity contribution in [2.24, 2.45) is 0 Å². The number of anilines is 1. The number of piperidine rings is 2. The van der Waals surface area contributed by atoms with Crippen LogP contribution in [0.4, 0.5) is 21.5 Å². The van der Waals surface area contributed by atoms with Crippen LogP contribution in [0.1, 0.15) is 25.7 Å². The van der Waals surface area contributed by atoms with E-state index in [2.05, 4.69) is 48.6 Å². The molecule has 49 heavy (non-hydrogen) atoms. The topological polar surface area (TPSA) is 133 Å². The zero-order chi connectivity index (χ0) is 35.3. The fourth-order valence-electron chi connectivity index (χ4n) is 6.85. The van der Waals surface area contributed by atoms with Gasteiger partial charge < -0.3 is 29.5 Å². The molecule has 4 saturated heterocycles. The first-order valence-corrected chi connectivity index (χ1v) is 17.2. The molecule has 1 N–H and O–H groups in total. The van der Waals surface area contributed by atoms with Gasteiger partial charge in [0.15, 0.2) is 11.5 Å². The van der Waals surface area contributed by atoms with Gasteiger partial charge in [-0.2, -0.15) is 0 Å². The summed E-state index contributed by atoms with van der Waals surface area (Å²) in [6.45, 7) is 14.1. The zero-order valence-electron chi connectivity index (χ0n) is 29.4. The van der Waals surface area contributed by atoms with Crippen LogP contribution in [-0.4, -0.2) is 148 Å². The van der Waals surface area contributed by atoms with Crippen LogP contribution >= 0.6 is 0 Å². The van der Waals surface area contributed by atoms with E-state index in [1.165, 1.54) is 66.3 Å². The van der Waals surface area contributed by atoms with E-state index in [-0.39, 0.29) is 17.1 Å². The molecule has 0 saturated carbocycles. The lowest BCUT2D eigenvalue weighted by Gasteiger charge is -2.42. The Kier molecular flexibility index (Phi) is 14.8. The maximum atomic E-state index is 12.5. The number of rotatable bonds is 7. The fourth-order valence-corrected chi connectivity index (χ4v) is 6.85. The normalized spacial score (nSPS) is 20.4. The number of likely N-dealkylation sites (N-methyl/N-ethyl adjacent to an activating group) is 2. The van der Waals surface area contributed by atoms with Gasteiger partial charge in [0.1, 0.15) is 5.82 Å². The van der Waals surface area contributed by atoms with Crippen LogP contribution in [0.3, 0.4) is 0 Å². The molecule has 0 unspecified atom stereocenters. The molecule has 0 aromatic heterocycles. The Bertz CT molecular complexity index is 1340. The second kappa shape index (κ2) is 18.9. The van der Waals surface area contributed by atoms with Crippen molar-refractivity contribution in [1.29, 1.82) is 0 Å². The summed E-state index contributed by atoms with van der Waals surface area (Å²) in [5.41, 5.74) is 0.793. The Balaban J connectivity index is 0.000000182. The van der Waals surface area contributed by atoms with Crippen molar-refractivity contribution in [2.45, 2.75) is 37.8 Å². The molecular weight excluding hydrogens is 635 g/mol. The van der Waals surface area contributed by atoms with Gasteiger partial charge in [-0.15, -0.1) is 0 Å². The van der Waals surface area contributed by atoms with Crippen LogP contribution in [0.15, 0.2) is 36.4 Å². The van der Waals surface area contributed by atoms with E-state index in [4.69, 9.17) is 4.74 Å². The quantitative estimate of drug-likeness (QED) is 0.337. The molecule has 0 radical (unpaired) electrons. The second-order valence-corrected chi connectivity index (χ2v) is 13.1. The summed E-state index contributed by atoms with van der Waals surface area (Å²) >= 11 is 0. The number of halogens is 1. The molecule has 2 aromatic rings. The average molecular weight is 689 g/mol. The van der Waals surface area contributed by atoms with Gasteiger partial charge in [0, 0.05) is 107 Å². The molecule has 0 atom stereocenters. The number of piperazine rings is 2. The van der Waals surface area contributed by atoms with Crippen molar-refractivity contribution in [3.8, 4) is 11.5 Å². The average Bonchev–Trinajstić information content (AvgIpc) is 3.12. The smallest absolute Gasteiger partial charge is 0.311 e. The molecule has 0 aliphatic carbocycles. The minimum absolute atomic E-state index is 0.0218. The molecule has 0 bridgehead atoms. The highest BCUT2D eigenvalue weighted by Crippen LogP contribution is 2.33. The standard InChI is InChI=1S/C17H26N4O3.C10H21N3.C7H6FNO3/c1-18-9-11-20(12-10-18)14-5-7-19(8-6-14)15-3-4-16(21(22)23)17(13-15)24-2;1-12-6-8-13(9-7-12)10-2-4-11-5-3-10;1-12-7-4-5(8)2-3-6(7)9(10)11/h3-4,13-14H,5-12H2,1-2H3;10-11H,2-9H2,1H3;2-4H,1H3.